The zero-order valence-electron chi connectivity index (χ0n) is 12.4. The molecule has 1 aromatic rings. The van der Waals surface area contributed by atoms with E-state index in [4.69, 9.17) is 9.84 Å². The lowest BCUT2D eigenvalue weighted by Gasteiger charge is -2.21. The average molecular weight is 311 g/mol. The molecule has 1 amide bonds. The van der Waals surface area contributed by atoms with Gasteiger partial charge in [-0.05, 0) is 26.8 Å². The van der Waals surface area contributed by atoms with Crippen LogP contribution < -0.4 is 5.32 Å². The molecule has 0 saturated carbocycles. The number of carbonyl (C=O) groups is 2. The number of pyridine rings is 1. The lowest BCUT2D eigenvalue weighted by atomic mass is 10.1. The number of aliphatic carboxylic acids is 1. The number of carbonyl (C=O) groups excluding carboxylic acids is 1. The van der Waals surface area contributed by atoms with Gasteiger partial charge in [-0.3, -0.25) is 15.1 Å². The fourth-order valence-corrected chi connectivity index (χ4v) is 1.60. The molecule has 0 aliphatic carbocycles. The van der Waals surface area contributed by atoms with Crippen molar-refractivity contribution < 1.29 is 24.4 Å². The summed E-state index contributed by atoms with van der Waals surface area (Å²) < 4.78 is 4.97. The van der Waals surface area contributed by atoms with Crippen LogP contribution in [0.1, 0.15) is 26.5 Å². The molecule has 1 rings (SSSR count). The molecule has 0 aliphatic rings. The maximum absolute atomic E-state index is 11.6. The number of hydrogen-bond acceptors (Lipinski definition) is 6. The zero-order chi connectivity index (χ0) is 16.9. The molecule has 0 fully saturated rings. The predicted octanol–water partition coefficient (Wildman–Crippen LogP) is 1.51. The predicted molar refractivity (Wildman–Crippen MR) is 75.4 cm³/mol. The summed E-state index contributed by atoms with van der Waals surface area (Å²) in [4.78, 5) is 36.9. The van der Waals surface area contributed by atoms with Crippen molar-refractivity contribution in [2.24, 2.45) is 0 Å². The Labute approximate surface area is 126 Å². The van der Waals surface area contributed by atoms with Crippen molar-refractivity contribution in [1.29, 1.82) is 0 Å². The van der Waals surface area contributed by atoms with E-state index in [1.54, 1.807) is 20.8 Å². The molecular formula is C13H17N3O6. The molecule has 1 atom stereocenters. The van der Waals surface area contributed by atoms with Crippen molar-refractivity contribution in [2.75, 3.05) is 0 Å². The van der Waals surface area contributed by atoms with Crippen LogP contribution in [0.25, 0.3) is 0 Å². The van der Waals surface area contributed by atoms with Gasteiger partial charge in [0.25, 0.3) is 5.69 Å². The largest absolute Gasteiger partial charge is 0.480 e. The normalized spacial score (nSPS) is 12.3. The van der Waals surface area contributed by atoms with E-state index in [0.29, 0.717) is 0 Å². The van der Waals surface area contributed by atoms with Gasteiger partial charge in [-0.15, -0.1) is 0 Å². The van der Waals surface area contributed by atoms with Gasteiger partial charge in [0.1, 0.15) is 17.3 Å². The van der Waals surface area contributed by atoms with Crippen molar-refractivity contribution in [3.8, 4) is 0 Å². The average Bonchev–Trinajstić information content (AvgIpc) is 2.35. The maximum atomic E-state index is 11.6. The Morgan fingerprint density at radius 3 is 2.64 bits per heavy atom. The van der Waals surface area contributed by atoms with Crippen LogP contribution in [0.2, 0.25) is 0 Å². The van der Waals surface area contributed by atoms with Crippen molar-refractivity contribution in [2.45, 2.75) is 38.8 Å². The van der Waals surface area contributed by atoms with Gasteiger partial charge in [-0.25, -0.2) is 9.59 Å². The van der Waals surface area contributed by atoms with Crippen LogP contribution >= 0.6 is 0 Å². The summed E-state index contributed by atoms with van der Waals surface area (Å²) in [5.41, 5.74) is -1.12. The number of nitro groups is 1. The first kappa shape index (κ1) is 17.3. The Hall–Kier alpha value is -2.71. The summed E-state index contributed by atoms with van der Waals surface area (Å²) >= 11 is 0. The molecule has 1 aromatic heterocycles. The first-order valence-corrected chi connectivity index (χ1v) is 6.41. The second-order valence-electron chi connectivity index (χ2n) is 5.47. The van der Waals surface area contributed by atoms with E-state index in [2.05, 4.69) is 10.3 Å². The maximum Gasteiger partial charge on any atom is 0.408 e. The van der Waals surface area contributed by atoms with Gasteiger partial charge >= 0.3 is 12.1 Å². The Bertz CT molecular complexity index is 581. The first-order valence-electron chi connectivity index (χ1n) is 6.41. The van der Waals surface area contributed by atoms with Crippen LogP contribution in [-0.2, 0) is 16.0 Å². The van der Waals surface area contributed by atoms with Crippen LogP contribution in [0.3, 0.4) is 0 Å². The molecule has 22 heavy (non-hydrogen) atoms. The van der Waals surface area contributed by atoms with E-state index in [9.17, 15) is 19.7 Å². The van der Waals surface area contributed by atoms with Gasteiger partial charge in [-0.2, -0.15) is 0 Å². The standard InChI is InChI=1S/C13H17N3O6/c1-13(2,3)22-12(19)15-9(11(17)18)7-8-10(16(20)21)5-4-6-14-8/h4-6,9H,7H2,1-3H3,(H,15,19)(H,17,18)/t9-/m1/s1. The molecule has 9 nitrogen and oxygen atoms in total. The summed E-state index contributed by atoms with van der Waals surface area (Å²) in [6.07, 6.45) is 0.0685. The number of amides is 1. The minimum absolute atomic E-state index is 0.0315. The lowest BCUT2D eigenvalue weighted by molar-refractivity contribution is -0.385. The van der Waals surface area contributed by atoms with E-state index >= 15 is 0 Å². The van der Waals surface area contributed by atoms with Crippen molar-refractivity contribution in [3.63, 3.8) is 0 Å². The molecule has 0 saturated heterocycles. The minimum Gasteiger partial charge on any atom is -0.480 e. The number of hydrogen-bond donors (Lipinski definition) is 2. The van der Waals surface area contributed by atoms with Crippen LogP contribution in [0.5, 0.6) is 0 Å². The van der Waals surface area contributed by atoms with Crippen LogP contribution in [0.15, 0.2) is 18.3 Å². The third-order valence-corrected chi connectivity index (χ3v) is 2.45. The highest BCUT2D eigenvalue weighted by Crippen LogP contribution is 2.17. The molecule has 0 radical (unpaired) electrons. The van der Waals surface area contributed by atoms with Gasteiger partial charge < -0.3 is 15.2 Å². The first-order chi connectivity index (χ1) is 10.1. The van der Waals surface area contributed by atoms with Crippen LogP contribution in [-0.4, -0.2) is 38.7 Å². The number of nitrogens with zero attached hydrogens (tertiary/aromatic N) is 2. The molecule has 0 spiro atoms. The smallest absolute Gasteiger partial charge is 0.408 e. The van der Waals surface area contributed by atoms with Gasteiger partial charge in [0.15, 0.2) is 0 Å². The number of aromatic nitrogens is 1. The summed E-state index contributed by atoms with van der Waals surface area (Å²) in [5, 5.41) is 22.2. The van der Waals surface area contributed by atoms with E-state index in [1.807, 2.05) is 0 Å². The fourth-order valence-electron chi connectivity index (χ4n) is 1.60. The second kappa shape index (κ2) is 6.83. The second-order valence-corrected chi connectivity index (χ2v) is 5.47. The molecular weight excluding hydrogens is 294 g/mol. The molecule has 0 aliphatic heterocycles. The van der Waals surface area contributed by atoms with Gasteiger partial charge in [0.05, 0.1) is 4.92 Å². The molecule has 0 unspecified atom stereocenters. The number of ether oxygens (including phenoxy) is 1. The number of carboxylic acids is 1. The summed E-state index contributed by atoms with van der Waals surface area (Å²) in [7, 11) is 0. The van der Waals surface area contributed by atoms with Crippen molar-refractivity contribution in [1.82, 2.24) is 10.3 Å². The fraction of sp³-hybridized carbons (Fsp3) is 0.462. The van der Waals surface area contributed by atoms with E-state index in [1.165, 1.54) is 18.3 Å². The van der Waals surface area contributed by atoms with Crippen LogP contribution in [0.4, 0.5) is 10.5 Å². The highest BCUT2D eigenvalue weighted by atomic mass is 16.6. The summed E-state index contributed by atoms with van der Waals surface area (Å²) in [6, 6.07) is 1.21. The summed E-state index contributed by atoms with van der Waals surface area (Å²) in [6.45, 7) is 4.89. The van der Waals surface area contributed by atoms with E-state index in [-0.39, 0.29) is 17.8 Å². The zero-order valence-corrected chi connectivity index (χ0v) is 12.4. The molecule has 0 aromatic carbocycles. The molecule has 0 bridgehead atoms. The third kappa shape index (κ3) is 5.35. The highest BCUT2D eigenvalue weighted by molar-refractivity contribution is 5.80. The number of alkyl carbamates (subject to hydrolysis) is 1. The monoisotopic (exact) mass is 311 g/mol. The summed E-state index contributed by atoms with van der Waals surface area (Å²) in [5.74, 6) is -1.34. The third-order valence-electron chi connectivity index (χ3n) is 2.45. The molecule has 1 heterocycles. The Balaban J connectivity index is 2.88. The van der Waals surface area contributed by atoms with Crippen molar-refractivity contribution >= 4 is 17.7 Å². The molecule has 2 N–H and O–H groups in total. The number of nitrogens with one attached hydrogen (secondary N) is 1. The van der Waals surface area contributed by atoms with Gasteiger partial charge in [0, 0.05) is 18.7 Å². The van der Waals surface area contributed by atoms with E-state index in [0.717, 1.165) is 0 Å². The van der Waals surface area contributed by atoms with Gasteiger partial charge in [0.2, 0.25) is 0 Å². The minimum atomic E-state index is -1.39. The number of carboxylic acid groups (broad SMARTS) is 1. The van der Waals surface area contributed by atoms with E-state index < -0.39 is 28.6 Å². The van der Waals surface area contributed by atoms with Gasteiger partial charge in [-0.1, -0.05) is 0 Å². The Morgan fingerprint density at radius 2 is 2.14 bits per heavy atom. The Morgan fingerprint density at radius 1 is 1.50 bits per heavy atom. The molecule has 120 valence electrons. The molecule has 9 heteroatoms. The quantitative estimate of drug-likeness (QED) is 0.622. The SMILES string of the molecule is CC(C)(C)OC(=O)N[C@H](Cc1ncccc1[N+](=O)[O-])C(=O)O. The number of rotatable bonds is 5. The van der Waals surface area contributed by atoms with Crippen molar-refractivity contribution in [3.05, 3.63) is 34.1 Å². The van der Waals surface area contributed by atoms with Crippen LogP contribution in [0, 0.1) is 10.1 Å². The highest BCUT2D eigenvalue weighted by Gasteiger charge is 2.27. The lowest BCUT2D eigenvalue weighted by Crippen LogP contribution is -2.44. The topological polar surface area (TPSA) is 132 Å². The Kier molecular flexibility index (Phi) is 5.39.